The molecule has 5 heteroatoms. The molecule has 1 aliphatic rings. The molecule has 0 amide bonds. The maximum atomic E-state index is 5.99. The van der Waals surface area contributed by atoms with Crippen molar-refractivity contribution in [1.82, 2.24) is 0 Å². The van der Waals surface area contributed by atoms with Gasteiger partial charge in [0, 0.05) is 19.6 Å². The van der Waals surface area contributed by atoms with Crippen molar-refractivity contribution in [2.24, 2.45) is 0 Å². The monoisotopic (exact) mass is 262 g/mol. The molecule has 2 unspecified atom stereocenters. The Balaban J connectivity index is 2.60. The van der Waals surface area contributed by atoms with Gasteiger partial charge in [0.05, 0.1) is 6.61 Å². The van der Waals surface area contributed by atoms with Crippen molar-refractivity contribution < 1.29 is 18.3 Å². The molecule has 0 aliphatic carbocycles. The van der Waals surface area contributed by atoms with E-state index in [0.29, 0.717) is 13.2 Å². The third kappa shape index (κ3) is 4.33. The highest BCUT2D eigenvalue weighted by Crippen LogP contribution is 2.25. The summed E-state index contributed by atoms with van der Waals surface area (Å²) in [5.41, 5.74) is 0.0673. The molecule has 1 rings (SSSR count). The van der Waals surface area contributed by atoms with Gasteiger partial charge in [0.15, 0.2) is 6.29 Å². The predicted octanol–water partition coefficient (Wildman–Crippen LogP) is 2.60. The van der Waals surface area contributed by atoms with Crippen molar-refractivity contribution in [2.45, 2.75) is 58.6 Å². The SMILES string of the molecule is CCCC(OC1CCO1)[Si](C)(OCC)OCC. The normalized spacial score (nSPS) is 22.2. The Bertz CT molecular complexity index is 203. The van der Waals surface area contributed by atoms with E-state index in [1.807, 2.05) is 13.8 Å². The van der Waals surface area contributed by atoms with Crippen molar-refractivity contribution in [2.75, 3.05) is 19.8 Å². The van der Waals surface area contributed by atoms with Gasteiger partial charge < -0.3 is 18.3 Å². The minimum atomic E-state index is -2.25. The van der Waals surface area contributed by atoms with Crippen molar-refractivity contribution in [1.29, 1.82) is 0 Å². The summed E-state index contributed by atoms with van der Waals surface area (Å²) in [5.74, 6) is 0. The Morgan fingerprint density at radius 2 is 1.82 bits per heavy atom. The molecule has 0 aromatic heterocycles. The molecule has 0 radical (unpaired) electrons. The molecule has 0 aromatic carbocycles. The summed E-state index contributed by atoms with van der Waals surface area (Å²) in [7, 11) is -2.25. The molecule has 0 spiro atoms. The number of hydrogen-bond acceptors (Lipinski definition) is 4. The highest BCUT2D eigenvalue weighted by atomic mass is 28.4. The van der Waals surface area contributed by atoms with Gasteiger partial charge in [-0.1, -0.05) is 13.3 Å². The van der Waals surface area contributed by atoms with Crippen LogP contribution < -0.4 is 0 Å². The van der Waals surface area contributed by atoms with Gasteiger partial charge >= 0.3 is 8.56 Å². The Morgan fingerprint density at radius 3 is 2.18 bits per heavy atom. The van der Waals surface area contributed by atoms with Crippen LogP contribution in [0.25, 0.3) is 0 Å². The Kier molecular flexibility index (Phi) is 6.65. The third-order valence-electron chi connectivity index (χ3n) is 2.97. The van der Waals surface area contributed by atoms with Gasteiger partial charge in [0.2, 0.25) is 0 Å². The molecule has 1 fully saturated rings. The number of ether oxygens (including phenoxy) is 2. The highest BCUT2D eigenvalue weighted by molar-refractivity contribution is 6.67. The van der Waals surface area contributed by atoms with E-state index in [9.17, 15) is 0 Å². The summed E-state index contributed by atoms with van der Waals surface area (Å²) >= 11 is 0. The molecule has 0 saturated carbocycles. The molecule has 17 heavy (non-hydrogen) atoms. The van der Waals surface area contributed by atoms with Crippen LogP contribution in [0.3, 0.4) is 0 Å². The molecule has 102 valence electrons. The zero-order valence-corrected chi connectivity index (χ0v) is 12.5. The lowest BCUT2D eigenvalue weighted by Gasteiger charge is -2.38. The summed E-state index contributed by atoms with van der Waals surface area (Å²) in [6.45, 7) is 10.4. The summed E-state index contributed by atoms with van der Waals surface area (Å²) in [6, 6.07) is 0. The van der Waals surface area contributed by atoms with Gasteiger partial charge in [-0.05, 0) is 26.8 Å². The molecule has 1 aliphatic heterocycles. The molecule has 0 aromatic rings. The van der Waals surface area contributed by atoms with Crippen LogP contribution in [-0.4, -0.2) is 40.4 Å². The second-order valence-corrected chi connectivity index (χ2v) is 7.64. The summed E-state index contributed by atoms with van der Waals surface area (Å²) in [6.07, 6.45) is 2.99. The fourth-order valence-electron chi connectivity index (χ4n) is 2.02. The molecular weight excluding hydrogens is 236 g/mol. The zero-order valence-electron chi connectivity index (χ0n) is 11.5. The van der Waals surface area contributed by atoms with Crippen molar-refractivity contribution in [3.63, 3.8) is 0 Å². The lowest BCUT2D eigenvalue weighted by Crippen LogP contribution is -2.54. The lowest BCUT2D eigenvalue weighted by molar-refractivity contribution is -0.229. The quantitative estimate of drug-likeness (QED) is 0.599. The fraction of sp³-hybridized carbons (Fsp3) is 1.00. The molecule has 0 bridgehead atoms. The topological polar surface area (TPSA) is 36.9 Å². The Labute approximate surface area is 106 Å². The molecule has 1 saturated heterocycles. The third-order valence-corrected chi connectivity index (χ3v) is 6.29. The Hall–Kier alpha value is 0.0569. The van der Waals surface area contributed by atoms with E-state index in [-0.39, 0.29) is 12.0 Å². The summed E-state index contributed by atoms with van der Waals surface area (Å²) < 4.78 is 23.1. The molecule has 0 N–H and O–H groups in total. The van der Waals surface area contributed by atoms with Gasteiger partial charge in [0.25, 0.3) is 0 Å². The van der Waals surface area contributed by atoms with E-state index >= 15 is 0 Å². The van der Waals surface area contributed by atoms with Crippen LogP contribution in [0.4, 0.5) is 0 Å². The zero-order chi connectivity index (χ0) is 12.7. The van der Waals surface area contributed by atoms with Crippen LogP contribution in [0.1, 0.15) is 40.0 Å². The lowest BCUT2D eigenvalue weighted by atomic mass is 10.3. The Morgan fingerprint density at radius 1 is 1.24 bits per heavy atom. The molecule has 2 atom stereocenters. The van der Waals surface area contributed by atoms with Crippen molar-refractivity contribution >= 4 is 8.56 Å². The fourth-order valence-corrected chi connectivity index (χ4v) is 4.83. The van der Waals surface area contributed by atoms with E-state index in [1.54, 1.807) is 0 Å². The van der Waals surface area contributed by atoms with E-state index in [2.05, 4.69) is 13.5 Å². The van der Waals surface area contributed by atoms with Crippen molar-refractivity contribution in [3.8, 4) is 0 Å². The summed E-state index contributed by atoms with van der Waals surface area (Å²) in [5, 5.41) is 0. The smallest absolute Gasteiger partial charge is 0.364 e. The largest absolute Gasteiger partial charge is 0.393 e. The minimum Gasteiger partial charge on any atom is -0.393 e. The van der Waals surface area contributed by atoms with Crippen LogP contribution in [0, 0.1) is 0 Å². The summed E-state index contributed by atoms with van der Waals surface area (Å²) in [4.78, 5) is 0. The van der Waals surface area contributed by atoms with E-state index < -0.39 is 8.56 Å². The highest BCUT2D eigenvalue weighted by Gasteiger charge is 2.43. The van der Waals surface area contributed by atoms with Crippen LogP contribution in [0.15, 0.2) is 0 Å². The first-order chi connectivity index (χ1) is 8.16. The maximum absolute atomic E-state index is 5.99. The van der Waals surface area contributed by atoms with E-state index in [4.69, 9.17) is 18.3 Å². The number of rotatable bonds is 9. The molecule has 4 nitrogen and oxygen atoms in total. The average Bonchev–Trinajstić information content (AvgIpc) is 2.22. The molecule has 1 heterocycles. The second-order valence-electron chi connectivity index (χ2n) is 4.38. The average molecular weight is 262 g/mol. The maximum Gasteiger partial charge on any atom is 0.364 e. The first-order valence-corrected chi connectivity index (χ1v) is 9.10. The van der Waals surface area contributed by atoms with Gasteiger partial charge in [-0.2, -0.15) is 0 Å². The van der Waals surface area contributed by atoms with Crippen LogP contribution in [0.5, 0.6) is 0 Å². The predicted molar refractivity (Wildman–Crippen MR) is 69.0 cm³/mol. The van der Waals surface area contributed by atoms with Crippen LogP contribution >= 0.6 is 0 Å². The van der Waals surface area contributed by atoms with Gasteiger partial charge in [0.1, 0.15) is 5.73 Å². The minimum absolute atomic E-state index is 0.0423. The van der Waals surface area contributed by atoms with Gasteiger partial charge in [-0.15, -0.1) is 0 Å². The standard InChI is InChI=1S/C12H26O4Si/c1-5-8-12(16-11-9-10-13-11)17(4,14-6-2)15-7-3/h11-12H,5-10H2,1-4H3. The van der Waals surface area contributed by atoms with Gasteiger partial charge in [-0.25, -0.2) is 0 Å². The van der Waals surface area contributed by atoms with Crippen LogP contribution in [-0.2, 0) is 18.3 Å². The van der Waals surface area contributed by atoms with Crippen molar-refractivity contribution in [3.05, 3.63) is 0 Å². The van der Waals surface area contributed by atoms with Crippen LogP contribution in [0.2, 0.25) is 6.55 Å². The first-order valence-electron chi connectivity index (χ1n) is 6.71. The first kappa shape index (κ1) is 15.1. The second kappa shape index (κ2) is 7.48. The van der Waals surface area contributed by atoms with E-state index in [0.717, 1.165) is 25.9 Å². The van der Waals surface area contributed by atoms with E-state index in [1.165, 1.54) is 0 Å². The van der Waals surface area contributed by atoms with Gasteiger partial charge in [-0.3, -0.25) is 0 Å². The number of hydrogen-bond donors (Lipinski definition) is 0. The molecular formula is C12H26O4Si.